The first-order valence-corrected chi connectivity index (χ1v) is 23.0. The molecule has 0 aromatic carbocycles. The van der Waals surface area contributed by atoms with Crippen molar-refractivity contribution in [3.05, 3.63) is 122 Å². The van der Waals surface area contributed by atoms with E-state index in [9.17, 15) is 19.4 Å². The molecule has 0 heterocycles. The van der Waals surface area contributed by atoms with Crippen LogP contribution in [0.5, 0.6) is 0 Å². The molecule has 0 aliphatic heterocycles. The number of hydrogen-bond acceptors (Lipinski definition) is 8. The van der Waals surface area contributed by atoms with Gasteiger partial charge in [0.25, 0.3) is 0 Å². The summed E-state index contributed by atoms with van der Waals surface area (Å²) in [4.78, 5) is 22.6. The summed E-state index contributed by atoms with van der Waals surface area (Å²) in [5.41, 5.74) is 0. The Balaban J connectivity index is 4.37. The van der Waals surface area contributed by atoms with Crippen molar-refractivity contribution in [2.24, 2.45) is 0 Å². The molecule has 0 aromatic heterocycles. The molecule has 10 heteroatoms. The van der Waals surface area contributed by atoms with Gasteiger partial charge in [-0.25, -0.2) is 4.57 Å². The van der Waals surface area contributed by atoms with Crippen molar-refractivity contribution in [3.63, 3.8) is 0 Å². The van der Waals surface area contributed by atoms with Gasteiger partial charge in [-0.2, -0.15) is 0 Å². The molecular formula is C48H77O9P. The van der Waals surface area contributed by atoms with Crippen LogP contribution in [0.1, 0.15) is 129 Å². The Morgan fingerprint density at radius 1 is 0.534 bits per heavy atom. The number of unbranched alkanes of at least 4 members (excludes halogenated alkanes) is 5. The molecule has 0 spiro atoms. The lowest BCUT2D eigenvalue weighted by atomic mass is 10.1. The average Bonchev–Trinajstić information content (AvgIpc) is 3.21. The van der Waals surface area contributed by atoms with Gasteiger partial charge in [0, 0.05) is 13.0 Å². The van der Waals surface area contributed by atoms with Crippen LogP contribution in [0.25, 0.3) is 0 Å². The highest BCUT2D eigenvalue weighted by Gasteiger charge is 2.26. The summed E-state index contributed by atoms with van der Waals surface area (Å²) in [5, 5.41) is 18.4. The topological polar surface area (TPSA) is 132 Å². The monoisotopic (exact) mass is 829 g/mol. The van der Waals surface area contributed by atoms with E-state index in [1.54, 1.807) is 0 Å². The van der Waals surface area contributed by atoms with Crippen molar-refractivity contribution < 1.29 is 43.0 Å². The number of aliphatic hydroxyl groups is 2. The summed E-state index contributed by atoms with van der Waals surface area (Å²) >= 11 is 0. The molecule has 3 atom stereocenters. The van der Waals surface area contributed by atoms with Crippen LogP contribution in [0.2, 0.25) is 0 Å². The Morgan fingerprint density at radius 3 is 1.36 bits per heavy atom. The van der Waals surface area contributed by atoms with Gasteiger partial charge in [0.05, 0.1) is 26.4 Å². The number of carbonyl (C=O) groups is 1. The van der Waals surface area contributed by atoms with Crippen LogP contribution in [0.15, 0.2) is 122 Å². The molecule has 9 nitrogen and oxygen atoms in total. The highest BCUT2D eigenvalue weighted by molar-refractivity contribution is 7.47. The number of aliphatic hydroxyl groups excluding tert-OH is 2. The average molecular weight is 829 g/mol. The van der Waals surface area contributed by atoms with Crippen LogP contribution in [-0.4, -0.2) is 66.3 Å². The molecule has 0 aliphatic carbocycles. The van der Waals surface area contributed by atoms with E-state index >= 15 is 0 Å². The highest BCUT2D eigenvalue weighted by Crippen LogP contribution is 2.43. The van der Waals surface area contributed by atoms with Crippen molar-refractivity contribution in [2.45, 2.75) is 142 Å². The molecule has 0 aromatic rings. The van der Waals surface area contributed by atoms with Crippen LogP contribution in [0.4, 0.5) is 0 Å². The largest absolute Gasteiger partial charge is 0.472 e. The second kappa shape index (κ2) is 43.4. The summed E-state index contributed by atoms with van der Waals surface area (Å²) in [5.74, 6) is -0.435. The van der Waals surface area contributed by atoms with Crippen molar-refractivity contribution >= 4 is 13.8 Å². The van der Waals surface area contributed by atoms with Gasteiger partial charge in [-0.05, 0) is 103 Å². The van der Waals surface area contributed by atoms with Gasteiger partial charge in [-0.1, -0.05) is 142 Å². The van der Waals surface area contributed by atoms with Crippen LogP contribution < -0.4 is 0 Å². The fourth-order valence-corrected chi connectivity index (χ4v) is 5.72. The maximum absolute atomic E-state index is 12.6. The molecule has 0 bridgehead atoms. The molecule has 58 heavy (non-hydrogen) atoms. The summed E-state index contributed by atoms with van der Waals surface area (Å²) in [6.45, 7) is 3.08. The van der Waals surface area contributed by atoms with E-state index in [0.717, 1.165) is 103 Å². The number of phosphoric ester groups is 1. The summed E-state index contributed by atoms with van der Waals surface area (Å²) < 4.78 is 33.3. The van der Waals surface area contributed by atoms with E-state index in [1.807, 2.05) is 0 Å². The van der Waals surface area contributed by atoms with Gasteiger partial charge in [0.2, 0.25) is 0 Å². The molecule has 0 amide bonds. The molecule has 0 aliphatic rings. The van der Waals surface area contributed by atoms with Crippen LogP contribution >= 0.6 is 7.82 Å². The zero-order chi connectivity index (χ0) is 42.5. The number of carbonyl (C=O) groups excluding carboxylic acids is 1. The van der Waals surface area contributed by atoms with Crippen molar-refractivity contribution in [3.8, 4) is 0 Å². The van der Waals surface area contributed by atoms with Crippen molar-refractivity contribution in [1.82, 2.24) is 0 Å². The predicted octanol–water partition coefficient (Wildman–Crippen LogP) is 12.0. The summed E-state index contributed by atoms with van der Waals surface area (Å²) in [6, 6.07) is 0. The fraction of sp³-hybridized carbons (Fsp3) is 0.562. The Kier molecular flexibility index (Phi) is 41.1. The quantitative estimate of drug-likeness (QED) is 0.0240. The highest BCUT2D eigenvalue weighted by atomic mass is 31.2. The van der Waals surface area contributed by atoms with Gasteiger partial charge in [-0.3, -0.25) is 13.8 Å². The van der Waals surface area contributed by atoms with Crippen molar-refractivity contribution in [2.75, 3.05) is 33.0 Å². The lowest BCUT2D eigenvalue weighted by molar-refractivity contribution is -0.154. The van der Waals surface area contributed by atoms with Crippen LogP contribution in [0.3, 0.4) is 0 Å². The third-order valence-corrected chi connectivity index (χ3v) is 9.09. The molecule has 0 saturated carbocycles. The number of phosphoric acid groups is 1. The second-order valence-electron chi connectivity index (χ2n) is 13.6. The third kappa shape index (κ3) is 42.5. The maximum atomic E-state index is 12.6. The first-order valence-electron chi connectivity index (χ1n) is 21.5. The second-order valence-corrected chi connectivity index (χ2v) is 15.0. The normalized spacial score (nSPS) is 15.2. The minimum Gasteiger partial charge on any atom is -0.457 e. The van der Waals surface area contributed by atoms with Crippen LogP contribution in [0, 0.1) is 0 Å². The third-order valence-electron chi connectivity index (χ3n) is 8.14. The molecule has 0 radical (unpaired) electrons. The van der Waals surface area contributed by atoms with E-state index < -0.39 is 45.8 Å². The zero-order valence-electron chi connectivity index (χ0n) is 35.7. The molecule has 0 fully saturated rings. The number of ether oxygens (including phenoxy) is 2. The van der Waals surface area contributed by atoms with E-state index in [1.165, 1.54) is 0 Å². The number of rotatable bonds is 39. The smallest absolute Gasteiger partial charge is 0.457 e. The van der Waals surface area contributed by atoms with Gasteiger partial charge < -0.3 is 24.6 Å². The Morgan fingerprint density at radius 2 is 0.931 bits per heavy atom. The van der Waals surface area contributed by atoms with Gasteiger partial charge in [0.1, 0.15) is 12.2 Å². The Bertz CT molecular complexity index is 1310. The van der Waals surface area contributed by atoms with E-state index in [2.05, 4.69) is 135 Å². The SMILES string of the molecule is CC/C=C\C/C=C\C/C=C\C/C=C\C/C=C\CCCCCC(=O)OC(COCCCC/C=C\C/C=C\C/C=C\C/C=C\C/C=C\CC)COP(=O)(O)OCC(O)CO. The lowest BCUT2D eigenvalue weighted by Crippen LogP contribution is -2.29. The van der Waals surface area contributed by atoms with E-state index in [4.69, 9.17) is 23.6 Å². The van der Waals surface area contributed by atoms with Crippen LogP contribution in [-0.2, 0) is 27.9 Å². The predicted molar refractivity (Wildman–Crippen MR) is 241 cm³/mol. The van der Waals surface area contributed by atoms with Gasteiger partial charge >= 0.3 is 13.8 Å². The first kappa shape index (κ1) is 54.9. The minimum atomic E-state index is -4.55. The molecular weight excluding hydrogens is 751 g/mol. The Labute approximate surface area is 352 Å². The maximum Gasteiger partial charge on any atom is 0.472 e. The van der Waals surface area contributed by atoms with E-state index in [0.29, 0.717) is 13.0 Å². The summed E-state index contributed by atoms with van der Waals surface area (Å²) in [6.07, 6.45) is 57.3. The van der Waals surface area contributed by atoms with E-state index in [-0.39, 0.29) is 13.0 Å². The van der Waals surface area contributed by atoms with Crippen molar-refractivity contribution in [1.29, 1.82) is 0 Å². The molecule has 328 valence electrons. The molecule has 0 saturated heterocycles. The number of esters is 1. The molecule has 3 unspecified atom stereocenters. The van der Waals surface area contributed by atoms with Gasteiger partial charge in [0.15, 0.2) is 0 Å². The molecule has 3 N–H and O–H groups in total. The fourth-order valence-electron chi connectivity index (χ4n) is 4.94. The zero-order valence-corrected chi connectivity index (χ0v) is 36.6. The standard InChI is InChI=1S/C48H77O9P/c1-3-5-7-9-11-13-15-17-19-21-23-24-26-28-30-32-34-36-38-40-48(51)57-47(45-56-58(52,53)55-43-46(50)42-49)44-54-41-39-37-35-33-31-29-27-25-22-20-18-16-14-12-10-8-6-4-2/h5-8,11-14,17-20,23-25,27-28,30-31,33,46-47,49-50H,3-4,9-10,15-16,21-22,26,29,32,34-45H2,1-2H3,(H,52,53)/b7-5-,8-6-,13-11-,14-12-,19-17-,20-18-,24-23-,27-25-,30-28-,33-31-. The van der Waals surface area contributed by atoms with Gasteiger partial charge in [-0.15, -0.1) is 0 Å². The summed E-state index contributed by atoms with van der Waals surface area (Å²) in [7, 11) is -4.55. The molecule has 0 rings (SSSR count). The first-order chi connectivity index (χ1) is 28.3. The number of allylic oxidation sites excluding steroid dienone is 20. The Hall–Kier alpha value is -3.14. The number of hydrogen-bond donors (Lipinski definition) is 3. The minimum absolute atomic E-state index is 0.00323. The lowest BCUT2D eigenvalue weighted by Gasteiger charge is -2.20.